The zero-order valence-electron chi connectivity index (χ0n) is 11.4. The number of anilines is 1. The van der Waals surface area contributed by atoms with E-state index in [1.807, 2.05) is 6.07 Å². The van der Waals surface area contributed by atoms with E-state index >= 15 is 0 Å². The van der Waals surface area contributed by atoms with E-state index in [1.54, 1.807) is 11.3 Å². The van der Waals surface area contributed by atoms with Crippen LogP contribution in [0.25, 0.3) is 0 Å². The third kappa shape index (κ3) is 6.56. The van der Waals surface area contributed by atoms with E-state index in [0.717, 1.165) is 29.8 Å². The molecule has 20 heavy (non-hydrogen) atoms. The standard InChI is InChI=1S/C14H21NO4S/c15-11-9-10(5-2-1-3-7-13(16)17)20-12(11)6-4-8-14(18)19/h9H,1-8,15H2,(H,16,17)(H,18,19)/p-2. The molecule has 0 aliphatic carbocycles. The lowest BCUT2D eigenvalue weighted by atomic mass is 10.1. The number of carbonyl (C=O) groups is 2. The summed E-state index contributed by atoms with van der Waals surface area (Å²) >= 11 is 1.61. The van der Waals surface area contributed by atoms with Crippen molar-refractivity contribution in [3.05, 3.63) is 15.8 Å². The Morgan fingerprint density at radius 1 is 1.00 bits per heavy atom. The molecule has 0 spiro atoms. The summed E-state index contributed by atoms with van der Waals surface area (Å²) in [5, 5.41) is 20.6. The van der Waals surface area contributed by atoms with Gasteiger partial charge in [0.15, 0.2) is 0 Å². The van der Waals surface area contributed by atoms with Gasteiger partial charge in [-0.15, -0.1) is 11.3 Å². The van der Waals surface area contributed by atoms with Gasteiger partial charge >= 0.3 is 0 Å². The fourth-order valence-corrected chi connectivity index (χ4v) is 3.13. The van der Waals surface area contributed by atoms with Crippen LogP contribution in [0.2, 0.25) is 0 Å². The number of hydrogen-bond acceptors (Lipinski definition) is 6. The molecular formula is C14H19NO4S-2. The van der Waals surface area contributed by atoms with Crippen LogP contribution < -0.4 is 15.9 Å². The van der Waals surface area contributed by atoms with E-state index in [1.165, 1.54) is 4.88 Å². The topological polar surface area (TPSA) is 106 Å². The Morgan fingerprint density at radius 2 is 1.65 bits per heavy atom. The highest BCUT2D eigenvalue weighted by molar-refractivity contribution is 7.12. The van der Waals surface area contributed by atoms with Crippen molar-refractivity contribution >= 4 is 29.0 Å². The van der Waals surface area contributed by atoms with Crippen LogP contribution in [0, 0.1) is 0 Å². The molecule has 0 aromatic carbocycles. The van der Waals surface area contributed by atoms with E-state index in [0.29, 0.717) is 19.3 Å². The summed E-state index contributed by atoms with van der Waals surface area (Å²) in [6.07, 6.45) is 4.66. The second-order valence-corrected chi connectivity index (χ2v) is 5.97. The first-order chi connectivity index (χ1) is 9.49. The van der Waals surface area contributed by atoms with E-state index in [9.17, 15) is 19.8 Å². The molecule has 6 heteroatoms. The van der Waals surface area contributed by atoms with Crippen LogP contribution in [0.15, 0.2) is 6.07 Å². The largest absolute Gasteiger partial charge is 0.550 e. The Kier molecular flexibility index (Phi) is 7.08. The second-order valence-electron chi connectivity index (χ2n) is 4.75. The molecule has 1 heterocycles. The Balaban J connectivity index is 2.29. The van der Waals surface area contributed by atoms with Gasteiger partial charge in [-0.2, -0.15) is 0 Å². The molecule has 0 bridgehead atoms. The maximum absolute atomic E-state index is 10.3. The predicted molar refractivity (Wildman–Crippen MR) is 73.9 cm³/mol. The number of nitrogen functional groups attached to an aromatic ring is 1. The molecule has 0 radical (unpaired) electrons. The minimum atomic E-state index is -1.03. The van der Waals surface area contributed by atoms with Gasteiger partial charge in [0.1, 0.15) is 0 Å². The lowest BCUT2D eigenvalue weighted by Gasteiger charge is -2.01. The molecule has 1 rings (SSSR count). The van der Waals surface area contributed by atoms with E-state index in [4.69, 9.17) is 5.73 Å². The van der Waals surface area contributed by atoms with E-state index in [-0.39, 0.29) is 12.8 Å². The molecule has 1 aromatic heterocycles. The summed E-state index contributed by atoms with van der Waals surface area (Å²) in [7, 11) is 0. The average Bonchev–Trinajstić information content (AvgIpc) is 2.69. The van der Waals surface area contributed by atoms with Crippen molar-refractivity contribution in [2.24, 2.45) is 0 Å². The fraction of sp³-hybridized carbons (Fsp3) is 0.571. The van der Waals surface area contributed by atoms with Crippen molar-refractivity contribution in [3.63, 3.8) is 0 Å². The highest BCUT2D eigenvalue weighted by Crippen LogP contribution is 2.27. The van der Waals surface area contributed by atoms with E-state index < -0.39 is 11.9 Å². The number of aliphatic carboxylic acids is 2. The summed E-state index contributed by atoms with van der Waals surface area (Å²) in [6, 6.07) is 1.93. The highest BCUT2D eigenvalue weighted by Gasteiger charge is 2.06. The quantitative estimate of drug-likeness (QED) is 0.623. The van der Waals surface area contributed by atoms with Gasteiger partial charge in [-0.05, 0) is 51.0 Å². The molecule has 0 amide bonds. The molecule has 0 saturated carbocycles. The number of carboxylic acid groups (broad SMARTS) is 2. The molecule has 0 aliphatic rings. The third-order valence-electron chi connectivity index (χ3n) is 2.98. The maximum atomic E-state index is 10.3. The molecule has 2 N–H and O–H groups in total. The lowest BCUT2D eigenvalue weighted by Crippen LogP contribution is -2.21. The molecule has 0 fully saturated rings. The number of unbranched alkanes of at least 4 members (excludes halogenated alkanes) is 2. The minimum Gasteiger partial charge on any atom is -0.550 e. The van der Waals surface area contributed by atoms with Crippen LogP contribution >= 0.6 is 11.3 Å². The first-order valence-electron chi connectivity index (χ1n) is 6.75. The van der Waals surface area contributed by atoms with Crippen LogP contribution in [-0.4, -0.2) is 11.9 Å². The van der Waals surface area contributed by atoms with Crippen LogP contribution in [0.5, 0.6) is 0 Å². The van der Waals surface area contributed by atoms with Crippen molar-refractivity contribution < 1.29 is 19.8 Å². The van der Waals surface area contributed by atoms with Crippen molar-refractivity contribution in [2.45, 2.75) is 51.4 Å². The molecule has 0 saturated heterocycles. The normalized spacial score (nSPS) is 10.6. The van der Waals surface area contributed by atoms with Crippen molar-refractivity contribution in [3.8, 4) is 0 Å². The number of thiophene rings is 1. The minimum absolute atomic E-state index is 0.0515. The molecule has 0 aliphatic heterocycles. The van der Waals surface area contributed by atoms with Crippen LogP contribution in [0.3, 0.4) is 0 Å². The first-order valence-corrected chi connectivity index (χ1v) is 7.57. The number of carbonyl (C=O) groups excluding carboxylic acids is 2. The summed E-state index contributed by atoms with van der Waals surface area (Å²) in [5.41, 5.74) is 6.61. The van der Waals surface area contributed by atoms with Gasteiger partial charge in [-0.1, -0.05) is 6.42 Å². The van der Waals surface area contributed by atoms with Crippen LogP contribution in [0.1, 0.15) is 48.3 Å². The number of hydrogen-bond donors (Lipinski definition) is 1. The van der Waals surface area contributed by atoms with Gasteiger partial charge in [-0.25, -0.2) is 0 Å². The molecule has 1 aromatic rings. The van der Waals surface area contributed by atoms with Crippen molar-refractivity contribution in [1.29, 1.82) is 0 Å². The van der Waals surface area contributed by atoms with E-state index in [2.05, 4.69) is 0 Å². The van der Waals surface area contributed by atoms with Crippen molar-refractivity contribution in [1.82, 2.24) is 0 Å². The summed E-state index contributed by atoms with van der Waals surface area (Å²) in [6.45, 7) is 0. The molecule has 0 unspecified atom stereocenters. The number of aryl methyl sites for hydroxylation is 2. The Hall–Kier alpha value is -1.56. The van der Waals surface area contributed by atoms with Gasteiger partial charge in [0, 0.05) is 27.4 Å². The number of rotatable bonds is 10. The second kappa shape index (κ2) is 8.58. The summed E-state index contributed by atoms with van der Waals surface area (Å²) in [5.74, 6) is -2.03. The average molecular weight is 297 g/mol. The Labute approximate surface area is 122 Å². The fourth-order valence-electron chi connectivity index (χ4n) is 1.96. The first kappa shape index (κ1) is 16.5. The predicted octanol–water partition coefficient (Wildman–Crippen LogP) is 0.256. The summed E-state index contributed by atoms with van der Waals surface area (Å²) in [4.78, 5) is 22.8. The maximum Gasteiger partial charge on any atom is 0.0458 e. The SMILES string of the molecule is Nc1cc(CCCCCC(=O)[O-])sc1CCCC(=O)[O-]. The lowest BCUT2D eigenvalue weighted by molar-refractivity contribution is -0.307. The van der Waals surface area contributed by atoms with Crippen molar-refractivity contribution in [2.75, 3.05) is 5.73 Å². The summed E-state index contributed by atoms with van der Waals surface area (Å²) < 4.78 is 0. The smallest absolute Gasteiger partial charge is 0.0458 e. The monoisotopic (exact) mass is 297 g/mol. The third-order valence-corrected chi connectivity index (χ3v) is 4.25. The van der Waals surface area contributed by atoms with Gasteiger partial charge in [0.05, 0.1) is 0 Å². The number of carboxylic acids is 2. The van der Waals surface area contributed by atoms with Gasteiger partial charge in [0.2, 0.25) is 0 Å². The molecule has 5 nitrogen and oxygen atoms in total. The van der Waals surface area contributed by atoms with Gasteiger partial charge < -0.3 is 25.5 Å². The Bertz CT molecular complexity index is 456. The molecule has 0 atom stereocenters. The molecular weight excluding hydrogens is 278 g/mol. The zero-order chi connectivity index (χ0) is 15.0. The zero-order valence-corrected chi connectivity index (χ0v) is 12.2. The van der Waals surface area contributed by atoms with Crippen LogP contribution in [-0.2, 0) is 22.4 Å². The van der Waals surface area contributed by atoms with Crippen LogP contribution in [0.4, 0.5) is 5.69 Å². The van der Waals surface area contributed by atoms with Gasteiger partial charge in [0.25, 0.3) is 0 Å². The highest BCUT2D eigenvalue weighted by atomic mass is 32.1. The van der Waals surface area contributed by atoms with Gasteiger partial charge in [-0.3, -0.25) is 0 Å². The molecule has 112 valence electrons. The number of nitrogens with two attached hydrogens (primary N) is 1. The Morgan fingerprint density at radius 3 is 2.30 bits per heavy atom.